The zero-order valence-corrected chi connectivity index (χ0v) is 14.3. The second-order valence-corrected chi connectivity index (χ2v) is 6.57. The highest BCUT2D eigenvalue weighted by atomic mass is 32.1. The van der Waals surface area contributed by atoms with Gasteiger partial charge in [-0.25, -0.2) is 0 Å². The third-order valence-electron chi connectivity index (χ3n) is 3.90. The Bertz CT molecular complexity index is 657. The number of methoxy groups -OCH3 is 1. The van der Waals surface area contributed by atoms with E-state index in [9.17, 15) is 4.79 Å². The van der Waals surface area contributed by atoms with Crippen molar-refractivity contribution >= 4 is 27.5 Å². The molecule has 128 valence electrons. The van der Waals surface area contributed by atoms with Gasteiger partial charge in [-0.1, -0.05) is 41.7 Å². The topological polar surface area (TPSA) is 88.2 Å². The Morgan fingerprint density at radius 1 is 1.25 bits per heavy atom. The molecule has 1 aliphatic rings. The normalized spacial score (nSPS) is 16.5. The molecule has 0 aliphatic carbocycles. The molecule has 0 bridgehead atoms. The van der Waals surface area contributed by atoms with Crippen LogP contribution in [0.4, 0.5) is 10.3 Å². The molecule has 1 aromatic heterocycles. The smallest absolute Gasteiger partial charge is 0.259 e. The predicted octanol–water partition coefficient (Wildman–Crippen LogP) is 2.03. The number of anilines is 2. The van der Waals surface area contributed by atoms with Crippen molar-refractivity contribution in [3.63, 3.8) is 0 Å². The third-order valence-corrected chi connectivity index (χ3v) is 4.67. The molecule has 24 heavy (non-hydrogen) atoms. The van der Waals surface area contributed by atoms with Gasteiger partial charge in [0.25, 0.3) is 5.91 Å². The quantitative estimate of drug-likeness (QED) is 0.741. The average molecular weight is 347 g/mol. The van der Waals surface area contributed by atoms with Crippen LogP contribution in [0.1, 0.15) is 24.5 Å². The zero-order chi connectivity index (χ0) is 16.8. The summed E-state index contributed by atoms with van der Waals surface area (Å²) < 4.78 is 5.32. The maximum atomic E-state index is 12.4. The second kappa shape index (κ2) is 8.18. The predicted molar refractivity (Wildman–Crippen MR) is 94.2 cm³/mol. The van der Waals surface area contributed by atoms with Crippen molar-refractivity contribution in [1.82, 2.24) is 15.5 Å². The van der Waals surface area contributed by atoms with Crippen LogP contribution in [0.25, 0.3) is 0 Å². The molecule has 3 N–H and O–H groups in total. The van der Waals surface area contributed by atoms with Gasteiger partial charge in [0.05, 0.1) is 0 Å². The largest absolute Gasteiger partial charge is 0.367 e. The average Bonchev–Trinajstić information content (AvgIpc) is 3.04. The Morgan fingerprint density at radius 3 is 2.67 bits per heavy atom. The highest BCUT2D eigenvalue weighted by Gasteiger charge is 2.22. The summed E-state index contributed by atoms with van der Waals surface area (Å²) in [7, 11) is 1.52. The molecule has 1 saturated heterocycles. The van der Waals surface area contributed by atoms with Crippen LogP contribution in [0, 0.1) is 0 Å². The van der Waals surface area contributed by atoms with Gasteiger partial charge in [0, 0.05) is 13.2 Å². The highest BCUT2D eigenvalue weighted by molar-refractivity contribution is 7.19. The van der Waals surface area contributed by atoms with Crippen molar-refractivity contribution in [3.8, 4) is 0 Å². The number of rotatable bonds is 6. The van der Waals surface area contributed by atoms with Crippen LogP contribution in [-0.4, -0.2) is 42.3 Å². The lowest BCUT2D eigenvalue weighted by Gasteiger charge is -2.22. The molecule has 1 amide bonds. The molecule has 1 aromatic carbocycles. The number of hydrogen-bond acceptors (Lipinski definition) is 7. The SMILES string of the molecule is COC(C(=O)Nc1nnc(NC2CCNCC2)s1)c1ccccc1. The van der Waals surface area contributed by atoms with Gasteiger partial charge < -0.3 is 15.4 Å². The summed E-state index contributed by atoms with van der Waals surface area (Å²) in [6.07, 6.45) is 1.44. The molecule has 3 rings (SSSR count). The van der Waals surface area contributed by atoms with E-state index < -0.39 is 6.10 Å². The molecular weight excluding hydrogens is 326 g/mol. The molecule has 7 nitrogen and oxygen atoms in total. The van der Waals surface area contributed by atoms with Gasteiger partial charge in [-0.3, -0.25) is 10.1 Å². The molecule has 1 aliphatic heterocycles. The number of carbonyl (C=O) groups is 1. The number of amides is 1. The van der Waals surface area contributed by atoms with Crippen LogP contribution >= 0.6 is 11.3 Å². The molecule has 1 atom stereocenters. The fraction of sp³-hybridized carbons (Fsp3) is 0.438. The van der Waals surface area contributed by atoms with E-state index in [0.717, 1.165) is 36.6 Å². The van der Waals surface area contributed by atoms with E-state index in [-0.39, 0.29) is 5.91 Å². The monoisotopic (exact) mass is 347 g/mol. The Labute approximate surface area is 144 Å². The highest BCUT2D eigenvalue weighted by Crippen LogP contribution is 2.24. The summed E-state index contributed by atoms with van der Waals surface area (Å²) in [5, 5.41) is 18.8. The number of nitrogens with one attached hydrogen (secondary N) is 3. The molecule has 8 heteroatoms. The summed E-state index contributed by atoms with van der Waals surface area (Å²) >= 11 is 1.34. The number of piperidine rings is 1. The minimum atomic E-state index is -0.670. The second-order valence-electron chi connectivity index (χ2n) is 5.60. The molecule has 1 unspecified atom stereocenters. The number of aromatic nitrogens is 2. The fourth-order valence-electron chi connectivity index (χ4n) is 2.67. The van der Waals surface area contributed by atoms with E-state index in [2.05, 4.69) is 26.1 Å². The van der Waals surface area contributed by atoms with Gasteiger partial charge in [0.1, 0.15) is 0 Å². The zero-order valence-electron chi connectivity index (χ0n) is 13.5. The number of hydrogen-bond donors (Lipinski definition) is 3. The van der Waals surface area contributed by atoms with Crippen molar-refractivity contribution in [1.29, 1.82) is 0 Å². The number of carbonyl (C=O) groups excluding carboxylic acids is 1. The summed E-state index contributed by atoms with van der Waals surface area (Å²) in [5.41, 5.74) is 0.801. The first-order valence-corrected chi connectivity index (χ1v) is 8.77. The lowest BCUT2D eigenvalue weighted by atomic mass is 10.1. The molecular formula is C16H21N5O2S. The fourth-order valence-corrected chi connectivity index (χ4v) is 3.39. The van der Waals surface area contributed by atoms with Crippen molar-refractivity contribution in [2.24, 2.45) is 0 Å². The van der Waals surface area contributed by atoms with Gasteiger partial charge >= 0.3 is 0 Å². The van der Waals surface area contributed by atoms with Gasteiger partial charge in [-0.05, 0) is 31.5 Å². The van der Waals surface area contributed by atoms with Crippen molar-refractivity contribution < 1.29 is 9.53 Å². The van der Waals surface area contributed by atoms with Gasteiger partial charge in [-0.15, -0.1) is 10.2 Å². The first-order valence-electron chi connectivity index (χ1n) is 7.95. The van der Waals surface area contributed by atoms with E-state index in [1.54, 1.807) is 0 Å². The van der Waals surface area contributed by atoms with E-state index in [1.807, 2.05) is 30.3 Å². The first kappa shape index (κ1) is 16.8. The number of benzene rings is 1. The maximum absolute atomic E-state index is 12.4. The van der Waals surface area contributed by atoms with Crippen LogP contribution in [0.15, 0.2) is 30.3 Å². The Hall–Kier alpha value is -2.03. The van der Waals surface area contributed by atoms with Gasteiger partial charge in [-0.2, -0.15) is 0 Å². The van der Waals surface area contributed by atoms with E-state index in [0.29, 0.717) is 11.2 Å². The van der Waals surface area contributed by atoms with Crippen molar-refractivity contribution in [2.75, 3.05) is 30.8 Å². The van der Waals surface area contributed by atoms with Crippen LogP contribution in [0.3, 0.4) is 0 Å². The molecule has 0 radical (unpaired) electrons. The van der Waals surface area contributed by atoms with Crippen LogP contribution in [-0.2, 0) is 9.53 Å². The number of nitrogens with zero attached hydrogens (tertiary/aromatic N) is 2. The van der Waals surface area contributed by atoms with E-state index >= 15 is 0 Å². The van der Waals surface area contributed by atoms with Gasteiger partial charge in [0.15, 0.2) is 6.10 Å². The Morgan fingerprint density at radius 2 is 1.96 bits per heavy atom. The summed E-state index contributed by atoms with van der Waals surface area (Å²) in [4.78, 5) is 12.4. The van der Waals surface area contributed by atoms with Crippen LogP contribution < -0.4 is 16.0 Å². The minimum Gasteiger partial charge on any atom is -0.367 e. The lowest BCUT2D eigenvalue weighted by molar-refractivity contribution is -0.126. The lowest BCUT2D eigenvalue weighted by Crippen LogP contribution is -2.35. The molecule has 0 saturated carbocycles. The molecule has 2 heterocycles. The Kier molecular flexibility index (Phi) is 5.73. The standard InChI is InChI=1S/C16H21N5O2S/c1-23-13(11-5-3-2-4-6-11)14(22)19-16-21-20-15(24-16)18-12-7-9-17-10-8-12/h2-6,12-13,17H,7-10H2,1H3,(H,18,20)(H,19,21,22). The Balaban J connectivity index is 1.60. The van der Waals surface area contributed by atoms with E-state index in [4.69, 9.17) is 4.74 Å². The van der Waals surface area contributed by atoms with Crippen molar-refractivity contribution in [2.45, 2.75) is 25.0 Å². The maximum Gasteiger partial charge on any atom is 0.259 e. The molecule has 0 spiro atoms. The number of ether oxygens (including phenoxy) is 1. The molecule has 1 fully saturated rings. The van der Waals surface area contributed by atoms with Crippen LogP contribution in [0.2, 0.25) is 0 Å². The first-order chi connectivity index (χ1) is 11.8. The van der Waals surface area contributed by atoms with Crippen molar-refractivity contribution in [3.05, 3.63) is 35.9 Å². The van der Waals surface area contributed by atoms with Crippen LogP contribution in [0.5, 0.6) is 0 Å². The van der Waals surface area contributed by atoms with E-state index in [1.165, 1.54) is 18.4 Å². The molecule has 2 aromatic rings. The minimum absolute atomic E-state index is 0.256. The van der Waals surface area contributed by atoms with Gasteiger partial charge in [0.2, 0.25) is 10.3 Å². The summed E-state index contributed by atoms with van der Waals surface area (Å²) in [6, 6.07) is 9.77. The third kappa shape index (κ3) is 4.28. The summed E-state index contributed by atoms with van der Waals surface area (Å²) in [5.74, 6) is -0.256. The summed E-state index contributed by atoms with van der Waals surface area (Å²) in [6.45, 7) is 2.01.